The van der Waals surface area contributed by atoms with E-state index in [9.17, 15) is 14.0 Å². The molecule has 0 radical (unpaired) electrons. The van der Waals surface area contributed by atoms with Gasteiger partial charge in [-0.15, -0.1) is 0 Å². The van der Waals surface area contributed by atoms with Crippen LogP contribution >= 0.6 is 11.6 Å². The zero-order valence-corrected chi connectivity index (χ0v) is 12.6. The number of benzene rings is 1. The van der Waals surface area contributed by atoms with E-state index in [1.165, 1.54) is 17.7 Å². The Morgan fingerprint density at radius 2 is 1.91 bits per heavy atom. The molecule has 116 valence electrons. The number of nitrogens with zero attached hydrogens (tertiary/aromatic N) is 2. The first kappa shape index (κ1) is 15.0. The molecule has 2 aromatic rings. The van der Waals surface area contributed by atoms with Gasteiger partial charge in [-0.2, -0.15) is 0 Å². The molecule has 0 spiro atoms. The topological polar surface area (TPSA) is 53.2 Å². The Balaban J connectivity index is 1.90. The maximum atomic E-state index is 14.2. The van der Waals surface area contributed by atoms with E-state index in [2.05, 4.69) is 0 Å². The van der Waals surface area contributed by atoms with Crippen LogP contribution in [0.2, 0.25) is 5.15 Å². The van der Waals surface area contributed by atoms with Crippen molar-refractivity contribution < 1.29 is 9.13 Å². The Morgan fingerprint density at radius 1 is 1.27 bits per heavy atom. The summed E-state index contributed by atoms with van der Waals surface area (Å²) >= 11 is 5.78. The number of ether oxygens (including phenoxy) is 1. The van der Waals surface area contributed by atoms with Gasteiger partial charge in [0.1, 0.15) is 5.15 Å². The number of hydrogen-bond acceptors (Lipinski definition) is 3. The average molecular weight is 325 g/mol. The summed E-state index contributed by atoms with van der Waals surface area (Å²) in [5.41, 5.74) is -1.11. The predicted octanol–water partition coefficient (Wildman–Crippen LogP) is 1.44. The van der Waals surface area contributed by atoms with E-state index >= 15 is 0 Å². The molecule has 0 unspecified atom stereocenters. The van der Waals surface area contributed by atoms with E-state index in [1.807, 2.05) is 0 Å². The molecule has 22 heavy (non-hydrogen) atoms. The molecule has 0 aliphatic carbocycles. The van der Waals surface area contributed by atoms with Crippen LogP contribution in [0, 0.1) is 0 Å². The number of hydrogen-bond donors (Lipinski definition) is 0. The molecular weight excluding hydrogens is 311 g/mol. The highest BCUT2D eigenvalue weighted by Crippen LogP contribution is 2.33. The molecule has 1 aromatic carbocycles. The van der Waals surface area contributed by atoms with Gasteiger partial charge in [0.25, 0.3) is 5.56 Å². The second-order valence-electron chi connectivity index (χ2n) is 5.39. The van der Waals surface area contributed by atoms with Gasteiger partial charge in [-0.25, -0.2) is 9.18 Å². The van der Waals surface area contributed by atoms with Crippen molar-refractivity contribution in [2.75, 3.05) is 13.2 Å². The quantitative estimate of drug-likeness (QED) is 0.803. The number of alkyl halides is 1. The highest BCUT2D eigenvalue weighted by molar-refractivity contribution is 6.29. The first-order chi connectivity index (χ1) is 10.4. The third-order valence-corrected chi connectivity index (χ3v) is 4.18. The van der Waals surface area contributed by atoms with Crippen LogP contribution in [0.3, 0.4) is 0 Å². The predicted molar refractivity (Wildman–Crippen MR) is 80.1 cm³/mol. The maximum Gasteiger partial charge on any atom is 0.332 e. The summed E-state index contributed by atoms with van der Waals surface area (Å²) in [7, 11) is 1.49. The molecule has 1 aromatic heterocycles. The molecule has 5 nitrogen and oxygen atoms in total. The fraction of sp³-hybridized carbons (Fsp3) is 0.333. The highest BCUT2D eigenvalue weighted by atomic mass is 35.5. The number of halogens is 2. The van der Waals surface area contributed by atoms with Crippen molar-refractivity contribution >= 4 is 11.6 Å². The van der Waals surface area contributed by atoms with E-state index < -0.39 is 16.9 Å². The van der Waals surface area contributed by atoms with E-state index in [0.29, 0.717) is 5.56 Å². The molecular formula is C15H14ClFN2O3. The molecule has 0 bridgehead atoms. The highest BCUT2D eigenvalue weighted by Gasteiger charge is 2.40. The fourth-order valence-electron chi connectivity index (χ4n) is 2.33. The smallest absolute Gasteiger partial charge is 0.332 e. The average Bonchev–Trinajstić information content (AvgIpc) is 2.48. The molecule has 0 saturated carbocycles. The van der Waals surface area contributed by atoms with Crippen LogP contribution in [-0.2, 0) is 24.0 Å². The molecule has 3 rings (SSSR count). The summed E-state index contributed by atoms with van der Waals surface area (Å²) in [5.74, 6) is 0. The van der Waals surface area contributed by atoms with Crippen LogP contribution in [0.15, 0.2) is 39.9 Å². The summed E-state index contributed by atoms with van der Waals surface area (Å²) in [4.78, 5) is 23.9. The zero-order valence-electron chi connectivity index (χ0n) is 11.9. The maximum absolute atomic E-state index is 14.2. The molecule has 7 heteroatoms. The van der Waals surface area contributed by atoms with Crippen molar-refractivity contribution in [2.45, 2.75) is 12.2 Å². The van der Waals surface area contributed by atoms with Crippen molar-refractivity contribution in [3.8, 4) is 0 Å². The lowest BCUT2D eigenvalue weighted by molar-refractivity contribution is -0.135. The third kappa shape index (κ3) is 2.48. The van der Waals surface area contributed by atoms with Gasteiger partial charge in [-0.1, -0.05) is 35.9 Å². The van der Waals surface area contributed by atoms with Gasteiger partial charge in [-0.3, -0.25) is 13.9 Å². The Kier molecular flexibility index (Phi) is 3.66. The lowest BCUT2D eigenvalue weighted by Crippen LogP contribution is -2.42. The summed E-state index contributed by atoms with van der Waals surface area (Å²) in [6.07, 6.45) is 0. The third-order valence-electron chi connectivity index (χ3n) is 3.82. The second-order valence-corrected chi connectivity index (χ2v) is 5.78. The lowest BCUT2D eigenvalue weighted by atomic mass is 9.93. The van der Waals surface area contributed by atoms with Crippen molar-refractivity contribution in [3.63, 3.8) is 0 Å². The number of aromatic nitrogens is 2. The molecule has 0 atom stereocenters. The first-order valence-corrected chi connectivity index (χ1v) is 7.11. The monoisotopic (exact) mass is 324 g/mol. The second kappa shape index (κ2) is 5.37. The van der Waals surface area contributed by atoms with Crippen molar-refractivity contribution in [3.05, 3.63) is 67.4 Å². The largest absolute Gasteiger partial charge is 0.374 e. The normalized spacial score (nSPS) is 16.3. The minimum atomic E-state index is -1.42. The van der Waals surface area contributed by atoms with E-state index in [4.69, 9.17) is 16.3 Å². The van der Waals surface area contributed by atoms with Crippen LogP contribution < -0.4 is 11.2 Å². The Hall–Kier alpha value is -1.92. The SMILES string of the molecule is Cn1c(Cl)cc(=O)n(Cc2ccc(C3(F)COC3)cc2)c1=O. The van der Waals surface area contributed by atoms with Crippen molar-refractivity contribution in [1.29, 1.82) is 0 Å². The van der Waals surface area contributed by atoms with Crippen LogP contribution in [0.25, 0.3) is 0 Å². The molecule has 1 fully saturated rings. The fourth-order valence-corrected chi connectivity index (χ4v) is 2.49. The van der Waals surface area contributed by atoms with Gasteiger partial charge < -0.3 is 4.74 Å². The molecule has 1 aliphatic rings. The zero-order chi connectivity index (χ0) is 15.9. The van der Waals surface area contributed by atoms with Gasteiger partial charge in [0.15, 0.2) is 5.67 Å². The van der Waals surface area contributed by atoms with E-state index in [1.54, 1.807) is 24.3 Å². The summed E-state index contributed by atoms with van der Waals surface area (Å²) < 4.78 is 21.3. The van der Waals surface area contributed by atoms with Gasteiger partial charge in [-0.05, 0) is 11.1 Å². The Bertz CT molecular complexity index is 822. The minimum Gasteiger partial charge on any atom is -0.374 e. The summed E-state index contributed by atoms with van der Waals surface area (Å²) in [6.45, 7) is 0.228. The summed E-state index contributed by atoms with van der Waals surface area (Å²) in [5, 5.41) is 0.0888. The van der Waals surface area contributed by atoms with Crippen LogP contribution in [0.5, 0.6) is 0 Å². The molecule has 0 N–H and O–H groups in total. The van der Waals surface area contributed by atoms with E-state index in [-0.39, 0.29) is 24.9 Å². The molecule has 1 aliphatic heterocycles. The van der Waals surface area contributed by atoms with Crippen LogP contribution in [0.4, 0.5) is 4.39 Å². The summed E-state index contributed by atoms with van der Waals surface area (Å²) in [6, 6.07) is 7.91. The van der Waals surface area contributed by atoms with Gasteiger partial charge in [0.05, 0.1) is 19.8 Å². The minimum absolute atomic E-state index is 0.0591. The van der Waals surface area contributed by atoms with Gasteiger partial charge in [0, 0.05) is 13.1 Å². The van der Waals surface area contributed by atoms with Gasteiger partial charge >= 0.3 is 5.69 Å². The standard InChI is InChI=1S/C15H14ClFN2O3/c1-18-12(16)6-13(20)19(14(18)21)7-10-2-4-11(5-3-10)15(17)8-22-9-15/h2-6H,7-9H2,1H3. The molecule has 0 amide bonds. The first-order valence-electron chi connectivity index (χ1n) is 6.73. The molecule has 1 saturated heterocycles. The molecule has 2 heterocycles. The van der Waals surface area contributed by atoms with Crippen LogP contribution in [-0.4, -0.2) is 22.3 Å². The van der Waals surface area contributed by atoms with Gasteiger partial charge in [0.2, 0.25) is 0 Å². The van der Waals surface area contributed by atoms with Crippen molar-refractivity contribution in [2.24, 2.45) is 7.05 Å². The van der Waals surface area contributed by atoms with Crippen LogP contribution in [0.1, 0.15) is 11.1 Å². The number of rotatable bonds is 3. The Morgan fingerprint density at radius 3 is 2.45 bits per heavy atom. The lowest BCUT2D eigenvalue weighted by Gasteiger charge is -2.34. The Labute approximate surface area is 130 Å². The van der Waals surface area contributed by atoms with E-state index in [0.717, 1.165) is 10.1 Å². The van der Waals surface area contributed by atoms with Crippen molar-refractivity contribution in [1.82, 2.24) is 9.13 Å².